The van der Waals surface area contributed by atoms with E-state index in [1.807, 2.05) is 5.32 Å². The molecule has 1 aromatic carbocycles. The van der Waals surface area contributed by atoms with Gasteiger partial charge < -0.3 is 10.4 Å². The lowest BCUT2D eigenvalue weighted by Crippen LogP contribution is -2.43. The van der Waals surface area contributed by atoms with Gasteiger partial charge in [0.05, 0.1) is 23.4 Å². The van der Waals surface area contributed by atoms with E-state index in [2.05, 4.69) is 5.10 Å². The average Bonchev–Trinajstić information content (AvgIpc) is 2.88. The SMILES string of the molecule is Cc1nn(-c2ccccc2)cc1C(=O)N[C@@H](CC(F)(F)F)C(=O)O. The van der Waals surface area contributed by atoms with Crippen molar-refractivity contribution in [2.24, 2.45) is 0 Å². The van der Waals surface area contributed by atoms with E-state index in [9.17, 15) is 22.8 Å². The third kappa shape index (κ3) is 4.34. The maximum atomic E-state index is 12.4. The van der Waals surface area contributed by atoms with Crippen LogP contribution in [-0.2, 0) is 4.79 Å². The minimum Gasteiger partial charge on any atom is -0.480 e. The first-order chi connectivity index (χ1) is 11.2. The molecular weight excluding hydrogens is 327 g/mol. The topological polar surface area (TPSA) is 84.2 Å². The highest BCUT2D eigenvalue weighted by Crippen LogP contribution is 2.22. The molecule has 0 aliphatic rings. The van der Waals surface area contributed by atoms with Crippen molar-refractivity contribution in [2.45, 2.75) is 25.6 Å². The van der Waals surface area contributed by atoms with E-state index < -0.39 is 30.5 Å². The highest BCUT2D eigenvalue weighted by molar-refractivity contribution is 5.97. The van der Waals surface area contributed by atoms with E-state index >= 15 is 0 Å². The van der Waals surface area contributed by atoms with Crippen molar-refractivity contribution >= 4 is 11.9 Å². The molecule has 1 amide bonds. The molecule has 0 aliphatic carbocycles. The van der Waals surface area contributed by atoms with E-state index in [0.29, 0.717) is 5.69 Å². The van der Waals surface area contributed by atoms with Gasteiger partial charge in [0.15, 0.2) is 0 Å². The zero-order chi connectivity index (χ0) is 17.9. The number of carbonyl (C=O) groups excluding carboxylic acids is 1. The van der Waals surface area contributed by atoms with Crippen LogP contribution in [0.5, 0.6) is 0 Å². The molecule has 0 bridgehead atoms. The summed E-state index contributed by atoms with van der Waals surface area (Å²) in [5.74, 6) is -2.68. The van der Waals surface area contributed by atoms with Gasteiger partial charge in [-0.3, -0.25) is 4.79 Å². The molecule has 1 atom stereocenters. The summed E-state index contributed by atoms with van der Waals surface area (Å²) < 4.78 is 38.6. The predicted octanol–water partition coefficient (Wildman–Crippen LogP) is 2.32. The van der Waals surface area contributed by atoms with Gasteiger partial charge in [0.1, 0.15) is 6.04 Å². The Morgan fingerprint density at radius 3 is 2.46 bits per heavy atom. The van der Waals surface area contributed by atoms with Crippen molar-refractivity contribution in [2.75, 3.05) is 0 Å². The zero-order valence-corrected chi connectivity index (χ0v) is 12.5. The number of carboxylic acid groups (broad SMARTS) is 1. The Kier molecular flexibility index (Phi) is 4.91. The van der Waals surface area contributed by atoms with Crippen LogP contribution in [0.2, 0.25) is 0 Å². The number of hydrogen-bond donors (Lipinski definition) is 2. The van der Waals surface area contributed by atoms with E-state index in [1.54, 1.807) is 30.3 Å². The predicted molar refractivity (Wildman–Crippen MR) is 77.9 cm³/mol. The number of nitrogens with zero attached hydrogens (tertiary/aromatic N) is 2. The first-order valence-electron chi connectivity index (χ1n) is 6.89. The van der Waals surface area contributed by atoms with Crippen molar-refractivity contribution in [3.05, 3.63) is 47.8 Å². The van der Waals surface area contributed by atoms with E-state index in [4.69, 9.17) is 5.11 Å². The smallest absolute Gasteiger partial charge is 0.391 e. The third-order valence-corrected chi connectivity index (χ3v) is 3.20. The first-order valence-corrected chi connectivity index (χ1v) is 6.89. The molecule has 1 heterocycles. The molecule has 6 nitrogen and oxygen atoms in total. The van der Waals surface area contributed by atoms with Crippen molar-refractivity contribution in [1.29, 1.82) is 0 Å². The molecule has 0 saturated carbocycles. The molecule has 24 heavy (non-hydrogen) atoms. The molecule has 1 aromatic heterocycles. The summed E-state index contributed by atoms with van der Waals surface area (Å²) in [5.41, 5.74) is 0.935. The Labute approximate surface area is 134 Å². The Morgan fingerprint density at radius 2 is 1.92 bits per heavy atom. The molecule has 0 spiro atoms. The largest absolute Gasteiger partial charge is 0.480 e. The lowest BCUT2D eigenvalue weighted by Gasteiger charge is -2.15. The van der Waals surface area contributed by atoms with Gasteiger partial charge in [-0.1, -0.05) is 18.2 Å². The van der Waals surface area contributed by atoms with Crippen LogP contribution in [0, 0.1) is 6.92 Å². The van der Waals surface area contributed by atoms with Gasteiger partial charge in [-0.25, -0.2) is 9.48 Å². The number of aromatic nitrogens is 2. The lowest BCUT2D eigenvalue weighted by molar-refractivity contribution is -0.157. The number of aliphatic carboxylic acids is 1. The van der Waals surface area contributed by atoms with Crippen molar-refractivity contribution < 1.29 is 27.9 Å². The fourth-order valence-electron chi connectivity index (χ4n) is 2.06. The number of alkyl halides is 3. The van der Waals surface area contributed by atoms with Gasteiger partial charge in [0.25, 0.3) is 5.91 Å². The van der Waals surface area contributed by atoms with Gasteiger partial charge >= 0.3 is 12.1 Å². The summed E-state index contributed by atoms with van der Waals surface area (Å²) in [7, 11) is 0. The fraction of sp³-hybridized carbons (Fsp3) is 0.267. The molecule has 0 aliphatic heterocycles. The summed E-state index contributed by atoms with van der Waals surface area (Å²) in [6, 6.07) is 6.72. The lowest BCUT2D eigenvalue weighted by atomic mass is 10.1. The number of nitrogens with one attached hydrogen (secondary N) is 1. The standard InChI is InChI=1S/C15H14F3N3O3/c1-9-11(8-21(20-9)10-5-3-2-4-6-10)13(22)19-12(14(23)24)7-15(16,17)18/h2-6,8,12H,7H2,1H3,(H,19,22)(H,23,24)/t12-/m0/s1. The summed E-state index contributed by atoms with van der Waals surface area (Å²) >= 11 is 0. The number of carbonyl (C=O) groups is 2. The number of carboxylic acids is 1. The van der Waals surface area contributed by atoms with Gasteiger partial charge in [-0.15, -0.1) is 0 Å². The summed E-state index contributed by atoms with van der Waals surface area (Å²) in [5, 5.41) is 14.8. The van der Waals surface area contributed by atoms with Gasteiger partial charge in [-0.2, -0.15) is 18.3 Å². The molecule has 0 unspecified atom stereocenters. The van der Waals surface area contributed by atoms with Crippen LogP contribution in [0.25, 0.3) is 5.69 Å². The second kappa shape index (κ2) is 6.73. The van der Waals surface area contributed by atoms with E-state index in [1.165, 1.54) is 17.8 Å². The minimum atomic E-state index is -4.71. The highest BCUT2D eigenvalue weighted by atomic mass is 19.4. The Balaban J connectivity index is 2.20. The third-order valence-electron chi connectivity index (χ3n) is 3.20. The van der Waals surface area contributed by atoms with Gasteiger partial charge in [0, 0.05) is 6.20 Å². The molecule has 0 radical (unpaired) electrons. The molecule has 9 heteroatoms. The van der Waals surface area contributed by atoms with Crippen molar-refractivity contribution in [3.63, 3.8) is 0 Å². The van der Waals surface area contributed by atoms with Crippen LogP contribution in [-0.4, -0.2) is 39.0 Å². The second-order valence-electron chi connectivity index (χ2n) is 5.09. The van der Waals surface area contributed by atoms with Crippen LogP contribution < -0.4 is 5.32 Å². The number of rotatable bonds is 5. The number of para-hydroxylation sites is 1. The van der Waals surface area contributed by atoms with Crippen LogP contribution >= 0.6 is 0 Å². The monoisotopic (exact) mass is 341 g/mol. The Morgan fingerprint density at radius 1 is 1.29 bits per heavy atom. The van der Waals surface area contributed by atoms with Gasteiger partial charge in [-0.05, 0) is 19.1 Å². The number of amides is 1. The van der Waals surface area contributed by atoms with Crippen molar-refractivity contribution in [3.8, 4) is 5.69 Å². The minimum absolute atomic E-state index is 0.00674. The quantitative estimate of drug-likeness (QED) is 0.874. The van der Waals surface area contributed by atoms with E-state index in [-0.39, 0.29) is 11.3 Å². The maximum Gasteiger partial charge on any atom is 0.391 e. The maximum absolute atomic E-state index is 12.4. The second-order valence-corrected chi connectivity index (χ2v) is 5.09. The van der Waals surface area contributed by atoms with Gasteiger partial charge in [0.2, 0.25) is 0 Å². The molecule has 128 valence electrons. The summed E-state index contributed by atoms with van der Waals surface area (Å²) in [6.45, 7) is 1.51. The molecule has 0 saturated heterocycles. The molecule has 0 fully saturated rings. The molecular formula is C15H14F3N3O3. The number of aryl methyl sites for hydroxylation is 1. The fourth-order valence-corrected chi connectivity index (χ4v) is 2.06. The zero-order valence-electron chi connectivity index (χ0n) is 12.5. The van der Waals surface area contributed by atoms with Crippen LogP contribution in [0.4, 0.5) is 13.2 Å². The summed E-state index contributed by atoms with van der Waals surface area (Å²) in [4.78, 5) is 23.0. The molecule has 2 rings (SSSR count). The average molecular weight is 341 g/mol. The van der Waals surface area contributed by atoms with Crippen LogP contribution in [0.3, 0.4) is 0 Å². The Hall–Kier alpha value is -2.84. The summed E-state index contributed by atoms with van der Waals surface area (Å²) in [6.07, 6.45) is -5.02. The molecule has 2 aromatic rings. The van der Waals surface area contributed by atoms with Crippen molar-refractivity contribution in [1.82, 2.24) is 15.1 Å². The van der Waals surface area contributed by atoms with Crippen LogP contribution in [0.1, 0.15) is 22.5 Å². The van der Waals surface area contributed by atoms with Crippen LogP contribution in [0.15, 0.2) is 36.5 Å². The Bertz CT molecular complexity index is 741. The molecule has 2 N–H and O–H groups in total. The normalized spacial score (nSPS) is 12.7. The number of hydrogen-bond acceptors (Lipinski definition) is 3. The number of halogens is 3. The van der Waals surface area contributed by atoms with E-state index in [0.717, 1.165) is 0 Å². The highest BCUT2D eigenvalue weighted by Gasteiger charge is 2.36. The first kappa shape index (κ1) is 17.5. The number of benzene rings is 1.